The lowest BCUT2D eigenvalue weighted by Gasteiger charge is -2.18. The number of hydrogen-bond acceptors (Lipinski definition) is 1. The number of nitrogens with one attached hydrogen (secondary N) is 1. The van der Waals surface area contributed by atoms with Crippen molar-refractivity contribution in [3.8, 4) is 0 Å². The standard InChI is InChI=1S/C17H17Br2NO/c1-3-16(12-5-7-13(18)8-6-12)20-17(21)14-10-11(2)4-9-15(14)19/h4-10,16H,3H2,1-2H3,(H,20,21). The Hall–Kier alpha value is -1.13. The molecule has 2 rings (SSSR count). The van der Waals surface area contributed by atoms with Crippen LogP contribution in [0.2, 0.25) is 0 Å². The molecule has 1 N–H and O–H groups in total. The third-order valence-electron chi connectivity index (χ3n) is 3.35. The average Bonchev–Trinajstić information content (AvgIpc) is 2.48. The normalized spacial score (nSPS) is 12.0. The number of aryl methyl sites for hydroxylation is 1. The molecular formula is C17H17Br2NO. The van der Waals surface area contributed by atoms with Gasteiger partial charge in [-0.1, -0.05) is 46.6 Å². The lowest BCUT2D eigenvalue weighted by atomic mass is 10.0. The van der Waals surface area contributed by atoms with E-state index >= 15 is 0 Å². The molecular weight excluding hydrogens is 394 g/mol. The van der Waals surface area contributed by atoms with Crippen LogP contribution in [0.5, 0.6) is 0 Å². The van der Waals surface area contributed by atoms with Gasteiger partial charge in [0.15, 0.2) is 0 Å². The Kier molecular flexibility index (Phi) is 5.59. The van der Waals surface area contributed by atoms with Crippen LogP contribution in [0.1, 0.15) is 40.9 Å². The summed E-state index contributed by atoms with van der Waals surface area (Å²) in [6.07, 6.45) is 0.844. The van der Waals surface area contributed by atoms with E-state index in [0.29, 0.717) is 5.56 Å². The SMILES string of the molecule is CCC(NC(=O)c1cc(C)ccc1Br)c1ccc(Br)cc1. The van der Waals surface area contributed by atoms with E-state index in [1.54, 1.807) is 0 Å². The fourth-order valence-electron chi connectivity index (χ4n) is 2.17. The molecule has 0 saturated heterocycles. The van der Waals surface area contributed by atoms with Crippen LogP contribution in [0.15, 0.2) is 51.4 Å². The smallest absolute Gasteiger partial charge is 0.252 e. The molecule has 0 radical (unpaired) electrons. The van der Waals surface area contributed by atoms with Crippen molar-refractivity contribution in [1.29, 1.82) is 0 Å². The monoisotopic (exact) mass is 409 g/mol. The molecule has 1 atom stereocenters. The van der Waals surface area contributed by atoms with E-state index in [1.165, 1.54) is 0 Å². The minimum absolute atomic E-state index is 0.0120. The maximum Gasteiger partial charge on any atom is 0.252 e. The Balaban J connectivity index is 2.20. The van der Waals surface area contributed by atoms with Crippen molar-refractivity contribution in [1.82, 2.24) is 5.32 Å². The molecule has 2 aromatic rings. The van der Waals surface area contributed by atoms with E-state index in [4.69, 9.17) is 0 Å². The molecule has 0 fully saturated rings. The van der Waals surface area contributed by atoms with Gasteiger partial charge >= 0.3 is 0 Å². The second-order valence-corrected chi connectivity index (χ2v) is 6.74. The Bertz CT molecular complexity index is 638. The largest absolute Gasteiger partial charge is 0.345 e. The van der Waals surface area contributed by atoms with E-state index in [1.807, 2.05) is 49.4 Å². The van der Waals surface area contributed by atoms with Crippen LogP contribution in [-0.4, -0.2) is 5.91 Å². The van der Waals surface area contributed by atoms with Crippen molar-refractivity contribution < 1.29 is 4.79 Å². The molecule has 2 aromatic carbocycles. The summed E-state index contributed by atoms with van der Waals surface area (Å²) < 4.78 is 1.85. The fraction of sp³-hybridized carbons (Fsp3) is 0.235. The Morgan fingerprint density at radius 2 is 1.81 bits per heavy atom. The topological polar surface area (TPSA) is 29.1 Å². The third-order valence-corrected chi connectivity index (χ3v) is 4.57. The van der Waals surface area contributed by atoms with E-state index in [2.05, 4.69) is 44.1 Å². The molecule has 1 amide bonds. The van der Waals surface area contributed by atoms with E-state index in [0.717, 1.165) is 26.5 Å². The predicted molar refractivity (Wildman–Crippen MR) is 93.5 cm³/mol. The highest BCUT2D eigenvalue weighted by Crippen LogP contribution is 2.22. The molecule has 1 unspecified atom stereocenters. The number of carbonyl (C=O) groups excluding carboxylic acids is 1. The van der Waals surface area contributed by atoms with Gasteiger partial charge in [-0.3, -0.25) is 4.79 Å². The lowest BCUT2D eigenvalue weighted by Crippen LogP contribution is -2.28. The number of amides is 1. The highest BCUT2D eigenvalue weighted by molar-refractivity contribution is 9.10. The molecule has 110 valence electrons. The summed E-state index contributed by atoms with van der Waals surface area (Å²) in [6, 6.07) is 13.8. The van der Waals surface area contributed by atoms with Gasteiger partial charge in [-0.2, -0.15) is 0 Å². The van der Waals surface area contributed by atoms with Gasteiger partial charge in [-0.05, 0) is 59.1 Å². The second-order valence-electron chi connectivity index (χ2n) is 4.97. The zero-order valence-electron chi connectivity index (χ0n) is 12.0. The van der Waals surface area contributed by atoms with E-state index < -0.39 is 0 Å². The first-order valence-corrected chi connectivity index (χ1v) is 8.42. The third kappa shape index (κ3) is 4.17. The summed E-state index contributed by atoms with van der Waals surface area (Å²) in [6.45, 7) is 4.05. The van der Waals surface area contributed by atoms with Gasteiger partial charge in [-0.15, -0.1) is 0 Å². The first-order valence-electron chi connectivity index (χ1n) is 6.83. The zero-order valence-corrected chi connectivity index (χ0v) is 15.2. The van der Waals surface area contributed by atoms with Crippen molar-refractivity contribution in [3.05, 3.63) is 68.1 Å². The molecule has 0 saturated carbocycles. The van der Waals surface area contributed by atoms with Gasteiger partial charge in [0.1, 0.15) is 0 Å². The highest BCUT2D eigenvalue weighted by Gasteiger charge is 2.16. The van der Waals surface area contributed by atoms with Crippen LogP contribution in [0.25, 0.3) is 0 Å². The van der Waals surface area contributed by atoms with Crippen molar-refractivity contribution in [2.24, 2.45) is 0 Å². The molecule has 21 heavy (non-hydrogen) atoms. The summed E-state index contributed by atoms with van der Waals surface area (Å²) in [5.74, 6) is -0.0552. The molecule has 0 heterocycles. The molecule has 4 heteroatoms. The van der Waals surface area contributed by atoms with Crippen molar-refractivity contribution in [2.75, 3.05) is 0 Å². The number of halogens is 2. The average molecular weight is 411 g/mol. The van der Waals surface area contributed by atoms with Gasteiger partial charge < -0.3 is 5.32 Å². The Morgan fingerprint density at radius 1 is 1.14 bits per heavy atom. The molecule has 0 aliphatic heterocycles. The van der Waals surface area contributed by atoms with Crippen LogP contribution < -0.4 is 5.32 Å². The predicted octanol–water partition coefficient (Wildman–Crippen LogP) is 5.40. The molecule has 0 bridgehead atoms. The molecule has 2 nitrogen and oxygen atoms in total. The Morgan fingerprint density at radius 3 is 2.43 bits per heavy atom. The summed E-state index contributed by atoms with van der Waals surface area (Å²) in [4.78, 5) is 12.5. The van der Waals surface area contributed by atoms with Crippen LogP contribution in [-0.2, 0) is 0 Å². The first-order chi connectivity index (χ1) is 10.0. The highest BCUT2D eigenvalue weighted by atomic mass is 79.9. The van der Waals surface area contributed by atoms with E-state index in [9.17, 15) is 4.79 Å². The molecule has 0 spiro atoms. The quantitative estimate of drug-likeness (QED) is 0.717. The van der Waals surface area contributed by atoms with Gasteiger partial charge in [0.2, 0.25) is 0 Å². The van der Waals surface area contributed by atoms with Crippen molar-refractivity contribution in [2.45, 2.75) is 26.3 Å². The summed E-state index contributed by atoms with van der Waals surface area (Å²) in [5.41, 5.74) is 2.85. The summed E-state index contributed by atoms with van der Waals surface area (Å²) in [5, 5.41) is 3.10. The number of carbonyl (C=O) groups is 1. The van der Waals surface area contributed by atoms with Gasteiger partial charge in [0, 0.05) is 8.95 Å². The second kappa shape index (κ2) is 7.23. The van der Waals surface area contributed by atoms with Crippen molar-refractivity contribution in [3.63, 3.8) is 0 Å². The summed E-state index contributed by atoms with van der Waals surface area (Å²) >= 11 is 6.87. The van der Waals surface area contributed by atoms with Crippen LogP contribution in [0.4, 0.5) is 0 Å². The number of hydrogen-bond donors (Lipinski definition) is 1. The Labute approximate surface area is 142 Å². The van der Waals surface area contributed by atoms with E-state index in [-0.39, 0.29) is 11.9 Å². The van der Waals surface area contributed by atoms with Gasteiger partial charge in [0.05, 0.1) is 11.6 Å². The maximum absolute atomic E-state index is 12.5. The van der Waals surface area contributed by atoms with Crippen LogP contribution in [0.3, 0.4) is 0 Å². The molecule has 0 aliphatic rings. The minimum Gasteiger partial charge on any atom is -0.345 e. The van der Waals surface area contributed by atoms with Crippen LogP contribution in [0, 0.1) is 6.92 Å². The zero-order chi connectivity index (χ0) is 15.4. The van der Waals surface area contributed by atoms with Crippen LogP contribution >= 0.6 is 31.9 Å². The number of benzene rings is 2. The molecule has 0 aliphatic carbocycles. The maximum atomic E-state index is 12.5. The fourth-order valence-corrected chi connectivity index (χ4v) is 2.86. The minimum atomic E-state index is -0.0552. The lowest BCUT2D eigenvalue weighted by molar-refractivity contribution is 0.0934. The summed E-state index contributed by atoms with van der Waals surface area (Å²) in [7, 11) is 0. The van der Waals surface area contributed by atoms with Crippen molar-refractivity contribution >= 4 is 37.8 Å². The molecule has 0 aromatic heterocycles. The van der Waals surface area contributed by atoms with Gasteiger partial charge in [-0.25, -0.2) is 0 Å². The first kappa shape index (κ1) is 16.2. The number of rotatable bonds is 4. The van der Waals surface area contributed by atoms with Gasteiger partial charge in [0.25, 0.3) is 5.91 Å².